The maximum atomic E-state index is 13.8. The Morgan fingerprint density at radius 2 is 1.69 bits per heavy atom. The van der Waals surface area contributed by atoms with Crippen LogP contribution in [0, 0.1) is 5.92 Å². The second-order valence-corrected chi connectivity index (χ2v) is 9.76. The molecule has 5 nitrogen and oxygen atoms in total. The molecule has 1 amide bonds. The third kappa shape index (κ3) is 5.26. The topological polar surface area (TPSA) is 55.2 Å². The highest BCUT2D eigenvalue weighted by Crippen LogP contribution is 2.29. The van der Waals surface area contributed by atoms with Gasteiger partial charge in [0.15, 0.2) is 0 Å². The van der Waals surface area contributed by atoms with Gasteiger partial charge in [0.1, 0.15) is 5.82 Å². The van der Waals surface area contributed by atoms with Crippen molar-refractivity contribution < 1.29 is 4.79 Å². The van der Waals surface area contributed by atoms with Gasteiger partial charge in [-0.3, -0.25) is 14.2 Å². The van der Waals surface area contributed by atoms with E-state index in [0.717, 1.165) is 0 Å². The number of benzene rings is 3. The first kappa shape index (κ1) is 25.0. The zero-order valence-electron chi connectivity index (χ0n) is 19.9. The summed E-state index contributed by atoms with van der Waals surface area (Å²) in [4.78, 5) is 34.3. The lowest BCUT2D eigenvalue weighted by Crippen LogP contribution is -2.40. The highest BCUT2D eigenvalue weighted by atomic mass is 35.5. The molecule has 0 bridgehead atoms. The molecule has 1 aromatic heterocycles. The van der Waals surface area contributed by atoms with E-state index in [1.165, 1.54) is 0 Å². The molecule has 0 aliphatic heterocycles. The molecule has 1 heterocycles. The lowest BCUT2D eigenvalue weighted by Gasteiger charge is -2.33. The molecule has 4 rings (SSSR count). The quantitative estimate of drug-likeness (QED) is 0.272. The Bertz CT molecular complexity index is 1410. The minimum absolute atomic E-state index is 0.137. The van der Waals surface area contributed by atoms with E-state index in [1.807, 2.05) is 36.1 Å². The normalized spacial score (nSPS) is 12.2. The fourth-order valence-electron chi connectivity index (χ4n) is 4.28. The van der Waals surface area contributed by atoms with Crippen LogP contribution < -0.4 is 5.56 Å². The first-order valence-electron chi connectivity index (χ1n) is 11.6. The van der Waals surface area contributed by atoms with Crippen LogP contribution in [0.4, 0.5) is 0 Å². The average molecular weight is 508 g/mol. The van der Waals surface area contributed by atoms with Gasteiger partial charge in [0.25, 0.3) is 11.5 Å². The fourth-order valence-corrected chi connectivity index (χ4v) is 4.59. The largest absolute Gasteiger partial charge is 0.328 e. The van der Waals surface area contributed by atoms with Crippen molar-refractivity contribution in [3.8, 4) is 5.69 Å². The number of aromatic nitrogens is 2. The van der Waals surface area contributed by atoms with Crippen LogP contribution in [0.1, 0.15) is 49.4 Å². The summed E-state index contributed by atoms with van der Waals surface area (Å²) in [5.41, 5.74) is 1.53. The van der Waals surface area contributed by atoms with Crippen molar-refractivity contribution in [1.29, 1.82) is 0 Å². The average Bonchev–Trinajstić information content (AvgIpc) is 2.84. The van der Waals surface area contributed by atoms with E-state index in [1.54, 1.807) is 53.1 Å². The van der Waals surface area contributed by atoms with Crippen molar-refractivity contribution >= 4 is 40.0 Å². The molecule has 0 saturated carbocycles. The molecule has 0 aliphatic carbocycles. The van der Waals surface area contributed by atoms with Crippen molar-refractivity contribution in [3.63, 3.8) is 0 Å². The van der Waals surface area contributed by atoms with Crippen molar-refractivity contribution in [3.05, 3.63) is 105 Å². The molecule has 1 unspecified atom stereocenters. The molecule has 4 aromatic rings. The Labute approximate surface area is 214 Å². The van der Waals surface area contributed by atoms with Crippen LogP contribution in [0.5, 0.6) is 0 Å². The summed E-state index contributed by atoms with van der Waals surface area (Å²) in [6, 6.07) is 20.8. The molecule has 0 spiro atoms. The Kier molecular flexibility index (Phi) is 7.58. The molecular weight excluding hydrogens is 481 g/mol. The third-order valence-corrected chi connectivity index (χ3v) is 6.33. The van der Waals surface area contributed by atoms with Crippen LogP contribution in [-0.2, 0) is 0 Å². The Morgan fingerprint density at radius 3 is 2.34 bits per heavy atom. The van der Waals surface area contributed by atoms with Gasteiger partial charge in [-0.1, -0.05) is 62.2 Å². The number of hydrogen-bond acceptors (Lipinski definition) is 3. The number of para-hydroxylation sites is 1. The van der Waals surface area contributed by atoms with Crippen LogP contribution in [0.25, 0.3) is 16.6 Å². The lowest BCUT2D eigenvalue weighted by atomic mass is 10.1. The fraction of sp³-hybridized carbons (Fsp3) is 0.250. The molecule has 0 aliphatic rings. The van der Waals surface area contributed by atoms with Gasteiger partial charge in [-0.2, -0.15) is 0 Å². The molecule has 0 fully saturated rings. The van der Waals surface area contributed by atoms with E-state index in [9.17, 15) is 9.59 Å². The minimum Gasteiger partial charge on any atom is -0.328 e. The molecule has 1 atom stereocenters. The number of hydrogen-bond donors (Lipinski definition) is 0. The highest BCUT2D eigenvalue weighted by Gasteiger charge is 2.30. The highest BCUT2D eigenvalue weighted by molar-refractivity contribution is 6.31. The molecule has 3 aromatic carbocycles. The van der Waals surface area contributed by atoms with Crippen molar-refractivity contribution in [2.24, 2.45) is 5.92 Å². The summed E-state index contributed by atoms with van der Waals surface area (Å²) in [5.74, 6) is 0.566. The number of amides is 1. The third-order valence-electron chi connectivity index (χ3n) is 5.84. The zero-order valence-corrected chi connectivity index (χ0v) is 21.4. The van der Waals surface area contributed by atoms with Gasteiger partial charge in [0.05, 0.1) is 22.6 Å². The smallest absolute Gasteiger partial charge is 0.266 e. The number of nitrogens with zero attached hydrogens (tertiary/aromatic N) is 3. The first-order valence-corrected chi connectivity index (χ1v) is 12.4. The number of rotatable bonds is 7. The predicted octanol–water partition coefficient (Wildman–Crippen LogP) is 6.94. The standard InChI is InChI=1S/C28H27Cl2N3O2/c1-4-25(32(17-18(2)3)27(34)19-12-14-20(29)15-13-19)26-31-24-11-6-5-10-23(24)28(35)33(26)22-9-7-8-21(30)16-22/h5-16,18,25H,4,17H2,1-3H3. The van der Waals surface area contributed by atoms with Gasteiger partial charge < -0.3 is 4.90 Å². The van der Waals surface area contributed by atoms with Crippen molar-refractivity contribution in [2.75, 3.05) is 6.54 Å². The number of carbonyl (C=O) groups is 1. The van der Waals surface area contributed by atoms with E-state index in [4.69, 9.17) is 28.2 Å². The summed E-state index contributed by atoms with van der Waals surface area (Å²) in [6.07, 6.45) is 0.567. The van der Waals surface area contributed by atoms with Crippen LogP contribution in [0.2, 0.25) is 10.0 Å². The second-order valence-electron chi connectivity index (χ2n) is 8.89. The molecule has 35 heavy (non-hydrogen) atoms. The van der Waals surface area contributed by atoms with Gasteiger partial charge in [-0.15, -0.1) is 0 Å². The maximum absolute atomic E-state index is 13.8. The summed E-state index contributed by atoms with van der Waals surface area (Å²) < 4.78 is 1.59. The van der Waals surface area contributed by atoms with E-state index in [-0.39, 0.29) is 17.4 Å². The van der Waals surface area contributed by atoms with E-state index < -0.39 is 6.04 Å². The molecule has 7 heteroatoms. The summed E-state index contributed by atoms with van der Waals surface area (Å²) >= 11 is 12.4. The van der Waals surface area contributed by atoms with Gasteiger partial charge in [0.2, 0.25) is 0 Å². The van der Waals surface area contributed by atoms with Crippen molar-refractivity contribution in [2.45, 2.75) is 33.2 Å². The van der Waals surface area contributed by atoms with E-state index in [2.05, 4.69) is 13.8 Å². The summed E-state index contributed by atoms with van der Waals surface area (Å²) in [5, 5.41) is 1.58. The SMILES string of the molecule is CCC(c1nc2ccccc2c(=O)n1-c1cccc(Cl)c1)N(CC(C)C)C(=O)c1ccc(Cl)cc1. The molecule has 0 radical (unpaired) electrons. The first-order chi connectivity index (χ1) is 16.8. The van der Waals surface area contributed by atoms with Crippen LogP contribution in [-0.4, -0.2) is 26.9 Å². The monoisotopic (exact) mass is 507 g/mol. The van der Waals surface area contributed by atoms with Crippen LogP contribution in [0.15, 0.2) is 77.6 Å². The van der Waals surface area contributed by atoms with Gasteiger partial charge in [-0.05, 0) is 66.9 Å². The molecule has 180 valence electrons. The van der Waals surface area contributed by atoms with Crippen molar-refractivity contribution in [1.82, 2.24) is 14.5 Å². The Balaban J connectivity index is 1.96. The summed E-state index contributed by atoms with van der Waals surface area (Å²) in [6.45, 7) is 6.62. The van der Waals surface area contributed by atoms with Gasteiger partial charge in [-0.25, -0.2) is 4.98 Å². The minimum atomic E-state index is -0.447. The van der Waals surface area contributed by atoms with Gasteiger partial charge >= 0.3 is 0 Å². The van der Waals surface area contributed by atoms with Crippen LogP contribution in [0.3, 0.4) is 0 Å². The number of carbonyl (C=O) groups excluding carboxylic acids is 1. The van der Waals surface area contributed by atoms with Crippen LogP contribution >= 0.6 is 23.2 Å². The predicted molar refractivity (Wildman–Crippen MR) is 143 cm³/mol. The van der Waals surface area contributed by atoms with Gasteiger partial charge in [0, 0.05) is 22.2 Å². The maximum Gasteiger partial charge on any atom is 0.266 e. The summed E-state index contributed by atoms with van der Waals surface area (Å²) in [7, 11) is 0. The molecule has 0 N–H and O–H groups in total. The van der Waals surface area contributed by atoms with E-state index in [0.29, 0.717) is 51.0 Å². The van der Waals surface area contributed by atoms with E-state index >= 15 is 0 Å². The Hall–Kier alpha value is -3.15. The number of halogens is 2. The second kappa shape index (κ2) is 10.6. The number of fused-ring (bicyclic) bond motifs is 1. The Morgan fingerprint density at radius 1 is 0.971 bits per heavy atom. The molecule has 0 saturated heterocycles. The zero-order chi connectivity index (χ0) is 25.1. The molecular formula is C28H27Cl2N3O2. The lowest BCUT2D eigenvalue weighted by molar-refractivity contribution is 0.0631.